The standard InChI is InChI=1S/C19H31FN2O/c1-13(15-10-9-14-5-2-3-6-16(14)11-15)21-22-19(23)17-7-4-8-18(20)12-17/h14-18H,2-12H2,1H3,(H,22,23)/b21-13-. The van der Waals surface area contributed by atoms with E-state index >= 15 is 0 Å². The van der Waals surface area contributed by atoms with Crippen LogP contribution in [0.4, 0.5) is 4.39 Å². The fourth-order valence-corrected chi connectivity index (χ4v) is 4.95. The molecule has 5 unspecified atom stereocenters. The predicted molar refractivity (Wildman–Crippen MR) is 90.9 cm³/mol. The topological polar surface area (TPSA) is 41.5 Å². The Morgan fingerprint density at radius 2 is 1.70 bits per heavy atom. The van der Waals surface area contributed by atoms with Crippen molar-refractivity contribution in [2.75, 3.05) is 0 Å². The Morgan fingerprint density at radius 1 is 0.913 bits per heavy atom. The van der Waals surface area contributed by atoms with Gasteiger partial charge in [-0.1, -0.05) is 25.7 Å². The molecule has 0 heterocycles. The van der Waals surface area contributed by atoms with Gasteiger partial charge in [0.1, 0.15) is 6.17 Å². The highest BCUT2D eigenvalue weighted by atomic mass is 19.1. The zero-order valence-electron chi connectivity index (χ0n) is 14.4. The molecule has 5 atom stereocenters. The Balaban J connectivity index is 1.50. The summed E-state index contributed by atoms with van der Waals surface area (Å²) in [6.45, 7) is 2.05. The molecular formula is C19H31FN2O. The number of nitrogens with zero attached hydrogens (tertiary/aromatic N) is 1. The van der Waals surface area contributed by atoms with Crippen LogP contribution in [0.3, 0.4) is 0 Å². The van der Waals surface area contributed by atoms with E-state index in [0.29, 0.717) is 18.8 Å². The lowest BCUT2D eigenvalue weighted by molar-refractivity contribution is -0.126. The first-order valence-electron chi connectivity index (χ1n) is 9.61. The lowest BCUT2D eigenvalue weighted by Gasteiger charge is -2.39. The summed E-state index contributed by atoms with van der Waals surface area (Å²) in [6.07, 6.45) is 11.1. The lowest BCUT2D eigenvalue weighted by atomic mass is 9.67. The van der Waals surface area contributed by atoms with E-state index in [0.717, 1.165) is 30.4 Å². The van der Waals surface area contributed by atoms with Gasteiger partial charge in [0.05, 0.1) is 0 Å². The summed E-state index contributed by atoms with van der Waals surface area (Å²) in [5.41, 5.74) is 3.79. The fourth-order valence-electron chi connectivity index (χ4n) is 4.95. The first kappa shape index (κ1) is 16.9. The first-order chi connectivity index (χ1) is 11.1. The van der Waals surface area contributed by atoms with E-state index in [9.17, 15) is 9.18 Å². The number of rotatable bonds is 3. The summed E-state index contributed by atoms with van der Waals surface area (Å²) in [6, 6.07) is 0. The van der Waals surface area contributed by atoms with Crippen molar-refractivity contribution >= 4 is 11.6 Å². The van der Waals surface area contributed by atoms with Crippen LogP contribution < -0.4 is 5.43 Å². The van der Waals surface area contributed by atoms with Crippen molar-refractivity contribution in [3.05, 3.63) is 0 Å². The third-order valence-corrected chi connectivity index (χ3v) is 6.45. The third kappa shape index (κ3) is 4.33. The van der Waals surface area contributed by atoms with Gasteiger partial charge in [0.2, 0.25) is 5.91 Å². The van der Waals surface area contributed by atoms with E-state index in [1.54, 1.807) is 0 Å². The van der Waals surface area contributed by atoms with Gasteiger partial charge >= 0.3 is 0 Å². The number of carbonyl (C=O) groups excluding carboxylic acids is 1. The van der Waals surface area contributed by atoms with Crippen molar-refractivity contribution in [2.45, 2.75) is 83.7 Å². The molecule has 4 heteroatoms. The largest absolute Gasteiger partial charge is 0.273 e. The van der Waals surface area contributed by atoms with Crippen molar-refractivity contribution < 1.29 is 9.18 Å². The van der Waals surface area contributed by atoms with E-state index < -0.39 is 6.17 Å². The van der Waals surface area contributed by atoms with Crippen LogP contribution in [0.25, 0.3) is 0 Å². The predicted octanol–water partition coefficient (Wildman–Crippen LogP) is 4.61. The Hall–Kier alpha value is -0.930. The highest BCUT2D eigenvalue weighted by Gasteiger charge is 2.33. The van der Waals surface area contributed by atoms with Gasteiger partial charge in [-0.25, -0.2) is 9.82 Å². The molecule has 0 bridgehead atoms. The van der Waals surface area contributed by atoms with Crippen LogP contribution >= 0.6 is 0 Å². The number of alkyl halides is 1. The molecule has 0 radical (unpaired) electrons. The average molecular weight is 322 g/mol. The maximum Gasteiger partial charge on any atom is 0.243 e. The molecule has 130 valence electrons. The Morgan fingerprint density at radius 3 is 2.48 bits per heavy atom. The zero-order chi connectivity index (χ0) is 16.2. The normalized spacial score (nSPS) is 38.7. The second-order valence-electron chi connectivity index (χ2n) is 8.00. The summed E-state index contributed by atoms with van der Waals surface area (Å²) >= 11 is 0. The van der Waals surface area contributed by atoms with E-state index in [2.05, 4.69) is 10.5 Å². The molecule has 0 aromatic carbocycles. The van der Waals surface area contributed by atoms with Crippen molar-refractivity contribution in [3.8, 4) is 0 Å². The maximum absolute atomic E-state index is 13.4. The molecule has 3 aliphatic carbocycles. The molecule has 0 aliphatic heterocycles. The summed E-state index contributed by atoms with van der Waals surface area (Å²) in [5, 5.41) is 4.38. The summed E-state index contributed by atoms with van der Waals surface area (Å²) in [5.74, 6) is 2.05. The minimum absolute atomic E-state index is 0.0851. The van der Waals surface area contributed by atoms with E-state index in [-0.39, 0.29) is 11.8 Å². The summed E-state index contributed by atoms with van der Waals surface area (Å²) < 4.78 is 13.4. The monoisotopic (exact) mass is 322 g/mol. The number of hydrazone groups is 1. The van der Waals surface area contributed by atoms with Crippen LogP contribution in [-0.4, -0.2) is 17.8 Å². The SMILES string of the molecule is C/C(=N/NC(=O)C1CCCC(F)C1)C1CCC2CCCCC2C1. The van der Waals surface area contributed by atoms with Gasteiger partial charge in [0.15, 0.2) is 0 Å². The van der Waals surface area contributed by atoms with Gasteiger partial charge in [0.25, 0.3) is 0 Å². The minimum atomic E-state index is -0.814. The number of nitrogens with one attached hydrogen (secondary N) is 1. The minimum Gasteiger partial charge on any atom is -0.273 e. The van der Waals surface area contributed by atoms with Crippen molar-refractivity contribution in [2.24, 2.45) is 28.8 Å². The number of halogens is 1. The smallest absolute Gasteiger partial charge is 0.243 e. The molecule has 23 heavy (non-hydrogen) atoms. The van der Waals surface area contributed by atoms with Crippen LogP contribution in [-0.2, 0) is 4.79 Å². The second kappa shape index (κ2) is 7.76. The molecule has 3 rings (SSSR count). The fraction of sp³-hybridized carbons (Fsp3) is 0.895. The number of hydrogen-bond donors (Lipinski definition) is 1. The van der Waals surface area contributed by atoms with Crippen LogP contribution in [0, 0.1) is 23.7 Å². The van der Waals surface area contributed by atoms with Crippen molar-refractivity contribution in [3.63, 3.8) is 0 Å². The molecule has 0 spiro atoms. The molecule has 0 aromatic rings. The van der Waals surface area contributed by atoms with Crippen molar-refractivity contribution in [1.82, 2.24) is 5.43 Å². The van der Waals surface area contributed by atoms with Crippen LogP contribution in [0.15, 0.2) is 5.10 Å². The Labute approximate surface area is 139 Å². The lowest BCUT2D eigenvalue weighted by Crippen LogP contribution is -2.34. The quantitative estimate of drug-likeness (QED) is 0.598. The molecule has 3 fully saturated rings. The zero-order valence-corrected chi connectivity index (χ0v) is 14.4. The van der Waals surface area contributed by atoms with Gasteiger partial charge in [-0.2, -0.15) is 5.10 Å². The highest BCUT2D eigenvalue weighted by molar-refractivity contribution is 5.86. The number of carbonyl (C=O) groups is 1. The Kier molecular flexibility index (Phi) is 5.71. The second-order valence-corrected chi connectivity index (χ2v) is 8.00. The molecular weight excluding hydrogens is 291 g/mol. The molecule has 1 N–H and O–H groups in total. The Bertz CT molecular complexity index is 451. The summed E-state index contributed by atoms with van der Waals surface area (Å²) in [7, 11) is 0. The first-order valence-corrected chi connectivity index (χ1v) is 9.61. The van der Waals surface area contributed by atoms with E-state index in [1.165, 1.54) is 44.9 Å². The van der Waals surface area contributed by atoms with E-state index in [4.69, 9.17) is 0 Å². The number of amides is 1. The highest BCUT2D eigenvalue weighted by Crippen LogP contribution is 2.43. The van der Waals surface area contributed by atoms with Crippen LogP contribution in [0.2, 0.25) is 0 Å². The van der Waals surface area contributed by atoms with Crippen LogP contribution in [0.5, 0.6) is 0 Å². The van der Waals surface area contributed by atoms with Gasteiger partial charge in [-0.05, 0) is 69.6 Å². The van der Waals surface area contributed by atoms with E-state index in [1.807, 2.05) is 6.92 Å². The number of hydrogen-bond acceptors (Lipinski definition) is 2. The molecule has 3 saturated carbocycles. The van der Waals surface area contributed by atoms with Crippen molar-refractivity contribution in [1.29, 1.82) is 0 Å². The van der Waals surface area contributed by atoms with Gasteiger partial charge < -0.3 is 0 Å². The van der Waals surface area contributed by atoms with Crippen LogP contribution in [0.1, 0.15) is 77.6 Å². The van der Waals surface area contributed by atoms with Gasteiger partial charge in [-0.3, -0.25) is 4.79 Å². The number of fused-ring (bicyclic) bond motifs is 1. The summed E-state index contributed by atoms with van der Waals surface area (Å²) in [4.78, 5) is 12.2. The third-order valence-electron chi connectivity index (χ3n) is 6.45. The molecule has 3 aliphatic rings. The molecule has 3 nitrogen and oxygen atoms in total. The van der Waals surface area contributed by atoms with Gasteiger partial charge in [0, 0.05) is 11.6 Å². The average Bonchev–Trinajstić information content (AvgIpc) is 2.59. The molecule has 0 aromatic heterocycles. The maximum atomic E-state index is 13.4. The van der Waals surface area contributed by atoms with Gasteiger partial charge in [-0.15, -0.1) is 0 Å². The molecule has 1 amide bonds. The molecule has 0 saturated heterocycles.